The molecule has 6 nitrogen and oxygen atoms in total. The second-order valence-electron chi connectivity index (χ2n) is 7.05. The standard InChI is InChI=1S/C22H25FN2O4/c1-15-11-17(6-7-19(15)25-9-3-4-10-25)24-21(26)14-29-22(27)13-16-5-8-20(28-2)18(23)12-16/h5-8,11-12H,3-4,9-10,13-14H2,1-2H3,(H,24,26). The van der Waals surface area contributed by atoms with Gasteiger partial charge in [-0.3, -0.25) is 9.59 Å². The molecule has 7 heteroatoms. The van der Waals surface area contributed by atoms with Gasteiger partial charge < -0.3 is 19.7 Å². The summed E-state index contributed by atoms with van der Waals surface area (Å²) in [4.78, 5) is 26.3. The van der Waals surface area contributed by atoms with Crippen molar-refractivity contribution in [3.05, 3.63) is 53.3 Å². The molecule has 2 aromatic carbocycles. The molecule has 154 valence electrons. The molecule has 1 aliphatic rings. The van der Waals surface area contributed by atoms with E-state index >= 15 is 0 Å². The maximum Gasteiger partial charge on any atom is 0.310 e. The van der Waals surface area contributed by atoms with Crippen LogP contribution < -0.4 is 15.0 Å². The van der Waals surface area contributed by atoms with Crippen LogP contribution in [0.15, 0.2) is 36.4 Å². The van der Waals surface area contributed by atoms with Crippen LogP contribution in [0.1, 0.15) is 24.0 Å². The smallest absolute Gasteiger partial charge is 0.310 e. The lowest BCUT2D eigenvalue weighted by molar-refractivity contribution is -0.146. The van der Waals surface area contributed by atoms with Gasteiger partial charge in [0.15, 0.2) is 18.2 Å². The number of halogens is 1. The number of anilines is 2. The summed E-state index contributed by atoms with van der Waals surface area (Å²) in [7, 11) is 1.37. The monoisotopic (exact) mass is 400 g/mol. The molecule has 3 rings (SSSR count). The summed E-state index contributed by atoms with van der Waals surface area (Å²) in [6, 6.07) is 9.99. The summed E-state index contributed by atoms with van der Waals surface area (Å²) in [5, 5.41) is 2.73. The van der Waals surface area contributed by atoms with Crippen LogP contribution in [0, 0.1) is 12.7 Å². The van der Waals surface area contributed by atoms with Gasteiger partial charge in [0, 0.05) is 24.5 Å². The van der Waals surface area contributed by atoms with E-state index in [9.17, 15) is 14.0 Å². The number of benzene rings is 2. The summed E-state index contributed by atoms with van der Waals surface area (Å²) in [6.07, 6.45) is 2.27. The van der Waals surface area contributed by atoms with E-state index in [4.69, 9.17) is 9.47 Å². The van der Waals surface area contributed by atoms with Crippen molar-refractivity contribution < 1.29 is 23.5 Å². The zero-order valence-corrected chi connectivity index (χ0v) is 16.7. The summed E-state index contributed by atoms with van der Waals surface area (Å²) < 4.78 is 23.5. The van der Waals surface area contributed by atoms with E-state index in [1.54, 1.807) is 6.07 Å². The zero-order valence-electron chi connectivity index (χ0n) is 16.7. The number of esters is 1. The van der Waals surface area contributed by atoms with Crippen molar-refractivity contribution in [2.24, 2.45) is 0 Å². The number of carbonyl (C=O) groups is 2. The SMILES string of the molecule is COc1ccc(CC(=O)OCC(=O)Nc2ccc(N3CCCC3)c(C)c2)cc1F. The fourth-order valence-electron chi connectivity index (χ4n) is 3.43. The molecule has 1 N–H and O–H groups in total. The first-order valence-electron chi connectivity index (χ1n) is 9.60. The van der Waals surface area contributed by atoms with Gasteiger partial charge in [-0.25, -0.2) is 4.39 Å². The van der Waals surface area contributed by atoms with Gasteiger partial charge in [0.1, 0.15) is 0 Å². The van der Waals surface area contributed by atoms with Gasteiger partial charge in [-0.1, -0.05) is 6.07 Å². The van der Waals surface area contributed by atoms with Crippen molar-refractivity contribution in [2.45, 2.75) is 26.2 Å². The first-order chi connectivity index (χ1) is 14.0. The molecule has 1 heterocycles. The van der Waals surface area contributed by atoms with Gasteiger partial charge in [0.2, 0.25) is 0 Å². The largest absolute Gasteiger partial charge is 0.494 e. The molecule has 0 unspecified atom stereocenters. The van der Waals surface area contributed by atoms with Crippen molar-refractivity contribution in [3.8, 4) is 5.75 Å². The maximum atomic E-state index is 13.7. The highest BCUT2D eigenvalue weighted by molar-refractivity contribution is 5.93. The van der Waals surface area contributed by atoms with Gasteiger partial charge in [0.25, 0.3) is 5.91 Å². The van der Waals surface area contributed by atoms with Crippen molar-refractivity contribution in [3.63, 3.8) is 0 Å². The van der Waals surface area contributed by atoms with Crippen LogP contribution in [0.4, 0.5) is 15.8 Å². The Balaban J connectivity index is 1.48. The molecule has 2 aromatic rings. The molecule has 0 spiro atoms. The third-order valence-electron chi connectivity index (χ3n) is 4.86. The molecule has 0 aliphatic carbocycles. The van der Waals surface area contributed by atoms with E-state index in [2.05, 4.69) is 10.2 Å². The highest BCUT2D eigenvalue weighted by atomic mass is 19.1. The van der Waals surface area contributed by atoms with Crippen LogP contribution in [0.25, 0.3) is 0 Å². The molecular weight excluding hydrogens is 375 g/mol. The molecule has 1 amide bonds. The maximum absolute atomic E-state index is 13.7. The molecule has 0 bridgehead atoms. The Kier molecular flexibility index (Phi) is 6.69. The Morgan fingerprint density at radius 2 is 1.90 bits per heavy atom. The fraction of sp³-hybridized carbons (Fsp3) is 0.364. The molecule has 1 saturated heterocycles. The minimum absolute atomic E-state index is 0.104. The number of ether oxygens (including phenoxy) is 2. The number of nitrogens with one attached hydrogen (secondary N) is 1. The van der Waals surface area contributed by atoms with E-state index in [-0.39, 0.29) is 12.2 Å². The lowest BCUT2D eigenvalue weighted by atomic mass is 10.1. The second kappa shape index (κ2) is 9.41. The Morgan fingerprint density at radius 1 is 1.14 bits per heavy atom. The molecule has 29 heavy (non-hydrogen) atoms. The minimum atomic E-state index is -0.606. The lowest BCUT2D eigenvalue weighted by Crippen LogP contribution is -2.22. The Labute approximate surface area is 169 Å². The average molecular weight is 400 g/mol. The van der Waals surface area contributed by atoms with E-state index in [0.29, 0.717) is 11.3 Å². The number of hydrogen-bond donors (Lipinski definition) is 1. The molecule has 1 fully saturated rings. The predicted molar refractivity (Wildman–Crippen MR) is 109 cm³/mol. The number of rotatable bonds is 7. The van der Waals surface area contributed by atoms with Crippen LogP contribution in [0.2, 0.25) is 0 Å². The number of aryl methyl sites for hydroxylation is 1. The second-order valence-corrected chi connectivity index (χ2v) is 7.05. The number of nitrogens with zero attached hydrogens (tertiary/aromatic N) is 1. The summed E-state index contributed by atoms with van der Waals surface area (Å²) in [6.45, 7) is 3.73. The Hall–Kier alpha value is -3.09. The Morgan fingerprint density at radius 3 is 2.55 bits per heavy atom. The number of hydrogen-bond acceptors (Lipinski definition) is 5. The summed E-state index contributed by atoms with van der Waals surface area (Å²) in [5.41, 5.74) is 3.37. The van der Waals surface area contributed by atoms with Crippen molar-refractivity contribution in [1.29, 1.82) is 0 Å². The van der Waals surface area contributed by atoms with Crippen LogP contribution in [-0.2, 0) is 20.7 Å². The van der Waals surface area contributed by atoms with E-state index in [1.807, 2.05) is 25.1 Å². The normalized spacial score (nSPS) is 13.3. The predicted octanol–water partition coefficient (Wildman–Crippen LogP) is 3.47. The third kappa shape index (κ3) is 5.47. The quantitative estimate of drug-likeness (QED) is 0.721. The van der Waals surface area contributed by atoms with Crippen molar-refractivity contribution in [2.75, 3.05) is 37.0 Å². The van der Waals surface area contributed by atoms with Crippen LogP contribution in [0.5, 0.6) is 5.75 Å². The topological polar surface area (TPSA) is 67.9 Å². The molecule has 0 radical (unpaired) electrons. The van der Waals surface area contributed by atoms with Crippen LogP contribution >= 0.6 is 0 Å². The molecular formula is C22H25FN2O4. The van der Waals surface area contributed by atoms with Crippen molar-refractivity contribution in [1.82, 2.24) is 0 Å². The first-order valence-corrected chi connectivity index (χ1v) is 9.60. The van der Waals surface area contributed by atoms with Gasteiger partial charge in [-0.2, -0.15) is 0 Å². The fourth-order valence-corrected chi connectivity index (χ4v) is 3.43. The first kappa shape index (κ1) is 20.6. The minimum Gasteiger partial charge on any atom is -0.494 e. The molecule has 0 atom stereocenters. The molecule has 0 saturated carbocycles. The third-order valence-corrected chi connectivity index (χ3v) is 4.86. The highest BCUT2D eigenvalue weighted by Gasteiger charge is 2.15. The summed E-state index contributed by atoms with van der Waals surface area (Å²) in [5.74, 6) is -1.48. The van der Waals surface area contributed by atoms with E-state index in [1.165, 1.54) is 37.8 Å². The van der Waals surface area contributed by atoms with Crippen molar-refractivity contribution >= 4 is 23.3 Å². The average Bonchev–Trinajstić information content (AvgIpc) is 3.21. The number of methoxy groups -OCH3 is 1. The zero-order chi connectivity index (χ0) is 20.8. The van der Waals surface area contributed by atoms with Gasteiger partial charge in [-0.15, -0.1) is 0 Å². The van der Waals surface area contributed by atoms with E-state index < -0.39 is 24.3 Å². The van der Waals surface area contributed by atoms with E-state index in [0.717, 1.165) is 18.7 Å². The molecule has 1 aliphatic heterocycles. The van der Waals surface area contributed by atoms with Crippen LogP contribution in [-0.4, -0.2) is 38.7 Å². The molecule has 0 aromatic heterocycles. The number of amides is 1. The van der Waals surface area contributed by atoms with Crippen LogP contribution in [0.3, 0.4) is 0 Å². The van der Waals surface area contributed by atoms with Gasteiger partial charge in [0.05, 0.1) is 13.5 Å². The lowest BCUT2D eigenvalue weighted by Gasteiger charge is -2.20. The van der Waals surface area contributed by atoms with Gasteiger partial charge >= 0.3 is 5.97 Å². The van der Waals surface area contributed by atoms with Gasteiger partial charge in [-0.05, 0) is 61.2 Å². The number of carbonyl (C=O) groups excluding carboxylic acids is 2. The highest BCUT2D eigenvalue weighted by Crippen LogP contribution is 2.26. The summed E-state index contributed by atoms with van der Waals surface area (Å²) >= 11 is 0. The Bertz CT molecular complexity index is 894.